The van der Waals surface area contributed by atoms with E-state index >= 15 is 0 Å². The molecule has 3 nitrogen and oxygen atoms in total. The van der Waals surface area contributed by atoms with Gasteiger partial charge < -0.3 is 10.1 Å². The van der Waals surface area contributed by atoms with Crippen molar-refractivity contribution in [3.8, 4) is 0 Å². The predicted molar refractivity (Wildman–Crippen MR) is 96.5 cm³/mol. The lowest BCUT2D eigenvalue weighted by molar-refractivity contribution is -0.136. The Balaban J connectivity index is 1.70. The summed E-state index contributed by atoms with van der Waals surface area (Å²) in [6, 6.07) is 9.55. The molecule has 2 aromatic rings. The number of anilines is 2. The minimum atomic E-state index is -4.58. The molecule has 27 heavy (non-hydrogen) atoms. The van der Waals surface area contributed by atoms with E-state index in [0.717, 1.165) is 38.9 Å². The van der Waals surface area contributed by atoms with E-state index < -0.39 is 17.7 Å². The molecule has 2 fully saturated rings. The van der Waals surface area contributed by atoms with E-state index in [1.165, 1.54) is 23.3 Å². The zero-order chi connectivity index (χ0) is 19.2. The Morgan fingerprint density at radius 2 is 1.59 bits per heavy atom. The van der Waals surface area contributed by atoms with Gasteiger partial charge in [0.1, 0.15) is 0 Å². The number of methoxy groups -OCH3 is 1. The van der Waals surface area contributed by atoms with Crippen molar-refractivity contribution in [3.05, 3.63) is 58.7 Å². The molecule has 4 rings (SSSR count). The second kappa shape index (κ2) is 6.59. The molecule has 0 atom stereocenters. The highest BCUT2D eigenvalue weighted by atomic mass is 19.4. The molecule has 0 saturated heterocycles. The minimum Gasteiger partial charge on any atom is -0.465 e. The maximum atomic E-state index is 13.5. The van der Waals surface area contributed by atoms with Crippen molar-refractivity contribution in [2.24, 2.45) is 0 Å². The fraction of sp³-hybridized carbons (Fsp3) is 0.381. The average molecular weight is 375 g/mol. The fourth-order valence-corrected chi connectivity index (χ4v) is 3.34. The van der Waals surface area contributed by atoms with Crippen molar-refractivity contribution >= 4 is 17.3 Å². The SMILES string of the molecule is COC(=O)c1ccc(Nc2cc(C3CC3)cc(C3CC3)c2)c(C(F)(F)F)c1. The van der Waals surface area contributed by atoms with Gasteiger partial charge in [-0.15, -0.1) is 0 Å². The number of nitrogens with one attached hydrogen (secondary N) is 1. The molecule has 2 aliphatic carbocycles. The van der Waals surface area contributed by atoms with Crippen LogP contribution in [0.2, 0.25) is 0 Å². The Labute approximate surface area is 155 Å². The number of rotatable bonds is 5. The molecule has 0 unspecified atom stereocenters. The molecule has 2 aromatic carbocycles. The molecular formula is C21H20F3NO2. The lowest BCUT2D eigenvalue weighted by Gasteiger charge is -2.17. The molecular weight excluding hydrogens is 355 g/mol. The monoisotopic (exact) mass is 375 g/mol. The Morgan fingerprint density at radius 1 is 1.00 bits per heavy atom. The van der Waals surface area contributed by atoms with Gasteiger partial charge in [0.2, 0.25) is 0 Å². The first-order valence-electron chi connectivity index (χ1n) is 9.06. The van der Waals surface area contributed by atoms with Crippen LogP contribution in [0.25, 0.3) is 0 Å². The first kappa shape index (κ1) is 17.9. The third-order valence-corrected chi connectivity index (χ3v) is 5.10. The standard InChI is InChI=1S/C21H20F3NO2/c1-27-20(26)14-6-7-19(18(11-14)21(22,23)24)25-17-9-15(12-2-3-12)8-16(10-17)13-4-5-13/h6-13,25H,2-5H2,1H3. The van der Waals surface area contributed by atoms with Crippen LogP contribution in [0.15, 0.2) is 36.4 Å². The number of carbonyl (C=O) groups excluding carboxylic acids is 1. The lowest BCUT2D eigenvalue weighted by Crippen LogP contribution is -2.12. The molecule has 0 radical (unpaired) electrons. The smallest absolute Gasteiger partial charge is 0.418 e. The van der Waals surface area contributed by atoms with Gasteiger partial charge in [-0.05, 0) is 79.0 Å². The van der Waals surface area contributed by atoms with Gasteiger partial charge in [-0.2, -0.15) is 13.2 Å². The van der Waals surface area contributed by atoms with Gasteiger partial charge in [0.15, 0.2) is 0 Å². The molecule has 142 valence electrons. The van der Waals surface area contributed by atoms with Crippen LogP contribution >= 0.6 is 0 Å². The van der Waals surface area contributed by atoms with Crippen molar-refractivity contribution in [1.82, 2.24) is 0 Å². The van der Waals surface area contributed by atoms with Gasteiger partial charge >= 0.3 is 12.1 Å². The minimum absolute atomic E-state index is 0.0650. The average Bonchev–Trinajstić information content (AvgIpc) is 3.52. The summed E-state index contributed by atoms with van der Waals surface area (Å²) in [7, 11) is 1.14. The molecule has 0 aliphatic heterocycles. The van der Waals surface area contributed by atoms with E-state index in [1.54, 1.807) is 0 Å². The van der Waals surface area contributed by atoms with Crippen molar-refractivity contribution in [2.75, 3.05) is 12.4 Å². The summed E-state index contributed by atoms with van der Waals surface area (Å²) in [6.45, 7) is 0. The van der Waals surface area contributed by atoms with E-state index in [1.807, 2.05) is 12.1 Å². The van der Waals surface area contributed by atoms with Crippen LogP contribution in [-0.4, -0.2) is 13.1 Å². The molecule has 2 saturated carbocycles. The number of benzene rings is 2. The number of hydrogen-bond donors (Lipinski definition) is 1. The molecule has 0 spiro atoms. The molecule has 2 aliphatic rings. The Morgan fingerprint density at radius 3 is 2.07 bits per heavy atom. The summed E-state index contributed by atoms with van der Waals surface area (Å²) < 4.78 is 45.2. The summed E-state index contributed by atoms with van der Waals surface area (Å²) in [5.41, 5.74) is 1.99. The van der Waals surface area contributed by atoms with Crippen molar-refractivity contribution < 1.29 is 22.7 Å². The molecule has 0 amide bonds. The van der Waals surface area contributed by atoms with Crippen LogP contribution in [0.4, 0.5) is 24.5 Å². The second-order valence-corrected chi connectivity index (χ2v) is 7.31. The summed E-state index contributed by atoms with van der Waals surface area (Å²) >= 11 is 0. The molecule has 0 bridgehead atoms. The summed E-state index contributed by atoms with van der Waals surface area (Å²) in [4.78, 5) is 11.6. The van der Waals surface area contributed by atoms with Crippen LogP contribution < -0.4 is 5.32 Å². The van der Waals surface area contributed by atoms with E-state index in [0.29, 0.717) is 17.5 Å². The number of ether oxygens (including phenoxy) is 1. The van der Waals surface area contributed by atoms with Crippen LogP contribution in [0.3, 0.4) is 0 Å². The van der Waals surface area contributed by atoms with Gasteiger partial charge in [-0.3, -0.25) is 0 Å². The number of hydrogen-bond acceptors (Lipinski definition) is 3. The highest BCUT2D eigenvalue weighted by Crippen LogP contribution is 2.46. The van der Waals surface area contributed by atoms with Crippen molar-refractivity contribution in [1.29, 1.82) is 0 Å². The predicted octanol–water partition coefficient (Wildman–Crippen LogP) is 5.99. The highest BCUT2D eigenvalue weighted by molar-refractivity contribution is 5.90. The normalized spacial score (nSPS) is 16.9. The molecule has 6 heteroatoms. The Kier molecular flexibility index (Phi) is 4.36. The number of esters is 1. The van der Waals surface area contributed by atoms with Gasteiger partial charge in [-0.1, -0.05) is 6.07 Å². The van der Waals surface area contributed by atoms with E-state index in [9.17, 15) is 18.0 Å². The largest absolute Gasteiger partial charge is 0.465 e. The van der Waals surface area contributed by atoms with Crippen LogP contribution in [-0.2, 0) is 10.9 Å². The van der Waals surface area contributed by atoms with E-state index in [2.05, 4.69) is 16.1 Å². The molecule has 1 N–H and O–H groups in total. The maximum Gasteiger partial charge on any atom is 0.418 e. The third kappa shape index (κ3) is 3.94. The maximum absolute atomic E-state index is 13.5. The van der Waals surface area contributed by atoms with Crippen LogP contribution in [0.5, 0.6) is 0 Å². The fourth-order valence-electron chi connectivity index (χ4n) is 3.34. The zero-order valence-electron chi connectivity index (χ0n) is 14.9. The van der Waals surface area contributed by atoms with Gasteiger partial charge in [0.25, 0.3) is 0 Å². The molecule has 0 aromatic heterocycles. The van der Waals surface area contributed by atoms with E-state index in [-0.39, 0.29) is 11.3 Å². The summed E-state index contributed by atoms with van der Waals surface area (Å²) in [5.74, 6) is 0.250. The van der Waals surface area contributed by atoms with Crippen LogP contribution in [0.1, 0.15) is 64.6 Å². The number of alkyl halides is 3. The number of carbonyl (C=O) groups is 1. The Bertz CT molecular complexity index is 853. The first-order chi connectivity index (χ1) is 12.8. The van der Waals surface area contributed by atoms with Gasteiger partial charge in [-0.25, -0.2) is 4.79 Å². The van der Waals surface area contributed by atoms with E-state index in [4.69, 9.17) is 0 Å². The topological polar surface area (TPSA) is 38.3 Å². The molecule has 0 heterocycles. The summed E-state index contributed by atoms with van der Waals surface area (Å²) in [5, 5.41) is 2.94. The van der Waals surface area contributed by atoms with Crippen molar-refractivity contribution in [2.45, 2.75) is 43.7 Å². The lowest BCUT2D eigenvalue weighted by atomic mass is 10.0. The Hall–Kier alpha value is -2.50. The quantitative estimate of drug-likeness (QED) is 0.652. The van der Waals surface area contributed by atoms with Crippen molar-refractivity contribution in [3.63, 3.8) is 0 Å². The zero-order valence-corrected chi connectivity index (χ0v) is 14.9. The summed E-state index contributed by atoms with van der Waals surface area (Å²) in [6.07, 6.45) is -0.0471. The van der Waals surface area contributed by atoms with Crippen LogP contribution in [0, 0.1) is 0 Å². The third-order valence-electron chi connectivity index (χ3n) is 5.10. The highest BCUT2D eigenvalue weighted by Gasteiger charge is 2.35. The second-order valence-electron chi connectivity index (χ2n) is 7.31. The van der Waals surface area contributed by atoms with Gasteiger partial charge in [0, 0.05) is 5.69 Å². The first-order valence-corrected chi connectivity index (χ1v) is 9.06. The number of halogens is 3. The van der Waals surface area contributed by atoms with Gasteiger partial charge in [0.05, 0.1) is 23.9 Å².